The molecule has 0 aliphatic heterocycles. The van der Waals surface area contributed by atoms with Crippen molar-refractivity contribution in [1.29, 1.82) is 0 Å². The zero-order chi connectivity index (χ0) is 7.98. The van der Waals surface area contributed by atoms with Gasteiger partial charge in [-0.2, -0.15) is 0 Å². The van der Waals surface area contributed by atoms with Crippen LogP contribution in [0.3, 0.4) is 0 Å². The average Bonchev–Trinajstić information content (AvgIpc) is 1.86. The van der Waals surface area contributed by atoms with Crippen LogP contribution in [-0.2, 0) is 0 Å². The maximum Gasteiger partial charge on any atom is 0.0158 e. The molecular weight excluding hydrogens is 124 g/mol. The van der Waals surface area contributed by atoms with E-state index in [4.69, 9.17) is 0 Å². The number of nitrogens with one attached hydrogen (secondary N) is 1. The predicted molar refractivity (Wildman–Crippen MR) is 45.8 cm³/mol. The van der Waals surface area contributed by atoms with E-state index in [0.29, 0.717) is 6.04 Å². The van der Waals surface area contributed by atoms with E-state index < -0.39 is 0 Å². The van der Waals surface area contributed by atoms with Crippen molar-refractivity contribution in [2.45, 2.75) is 40.2 Å². The quantitative estimate of drug-likeness (QED) is 0.590. The van der Waals surface area contributed by atoms with Gasteiger partial charge in [-0.25, -0.2) is 5.01 Å². The Kier molecular flexibility index (Phi) is 5.64. The van der Waals surface area contributed by atoms with Crippen molar-refractivity contribution in [3.8, 4) is 0 Å². The van der Waals surface area contributed by atoms with Crippen LogP contribution in [0, 0.1) is 0 Å². The fourth-order valence-corrected chi connectivity index (χ4v) is 0.949. The molecule has 1 N–H and O–H groups in total. The van der Waals surface area contributed by atoms with E-state index in [-0.39, 0.29) is 0 Å². The second-order valence-corrected chi connectivity index (χ2v) is 2.86. The van der Waals surface area contributed by atoms with Crippen LogP contribution in [-0.4, -0.2) is 24.1 Å². The first-order chi connectivity index (χ1) is 4.70. The van der Waals surface area contributed by atoms with Gasteiger partial charge in [-0.3, -0.25) is 5.43 Å². The Morgan fingerprint density at radius 3 is 2.20 bits per heavy atom. The topological polar surface area (TPSA) is 15.3 Å². The summed E-state index contributed by atoms with van der Waals surface area (Å²) in [6.45, 7) is 10.9. The van der Waals surface area contributed by atoms with E-state index in [0.717, 1.165) is 13.1 Å². The molecule has 0 aromatic carbocycles. The van der Waals surface area contributed by atoms with Gasteiger partial charge in [-0.15, -0.1) is 0 Å². The highest BCUT2D eigenvalue weighted by molar-refractivity contribution is 4.51. The molecule has 2 heteroatoms. The second kappa shape index (κ2) is 5.69. The highest BCUT2D eigenvalue weighted by Gasteiger charge is 1.99. The summed E-state index contributed by atoms with van der Waals surface area (Å²) < 4.78 is 0. The van der Waals surface area contributed by atoms with Gasteiger partial charge in [0.25, 0.3) is 0 Å². The summed E-state index contributed by atoms with van der Waals surface area (Å²) in [5, 5.41) is 2.25. The van der Waals surface area contributed by atoms with Crippen molar-refractivity contribution >= 4 is 0 Å². The first kappa shape index (κ1) is 9.92. The van der Waals surface area contributed by atoms with Crippen molar-refractivity contribution in [2.24, 2.45) is 0 Å². The van der Waals surface area contributed by atoms with Gasteiger partial charge in [0.05, 0.1) is 0 Å². The number of hydrogen-bond acceptors (Lipinski definition) is 2. The Morgan fingerprint density at radius 2 is 1.90 bits per heavy atom. The fourth-order valence-electron chi connectivity index (χ4n) is 0.949. The smallest absolute Gasteiger partial charge is 0.0158 e. The molecule has 0 aliphatic carbocycles. The van der Waals surface area contributed by atoms with Crippen LogP contribution < -0.4 is 5.43 Å². The summed E-state index contributed by atoms with van der Waals surface area (Å²) in [6.07, 6.45) is 1.22. The highest BCUT2D eigenvalue weighted by Crippen LogP contribution is 1.87. The van der Waals surface area contributed by atoms with E-state index in [9.17, 15) is 0 Å². The van der Waals surface area contributed by atoms with Gasteiger partial charge in [-0.05, 0) is 20.3 Å². The summed E-state index contributed by atoms with van der Waals surface area (Å²) in [4.78, 5) is 0. The van der Waals surface area contributed by atoms with Crippen molar-refractivity contribution in [2.75, 3.05) is 13.1 Å². The SMILES string of the molecule is CCCN(CC)NC(C)C. The molecule has 0 heterocycles. The Labute approximate surface area is 64.6 Å². The molecule has 0 saturated carbocycles. The minimum atomic E-state index is 0.562. The van der Waals surface area contributed by atoms with Crippen LogP contribution in [0.4, 0.5) is 0 Å². The highest BCUT2D eigenvalue weighted by atomic mass is 15.5. The molecule has 0 radical (unpaired) electrons. The summed E-state index contributed by atoms with van der Waals surface area (Å²) in [7, 11) is 0. The summed E-state index contributed by atoms with van der Waals surface area (Å²) in [6, 6.07) is 0.562. The molecule has 0 atom stereocenters. The molecule has 2 nitrogen and oxygen atoms in total. The van der Waals surface area contributed by atoms with Gasteiger partial charge < -0.3 is 0 Å². The molecule has 0 saturated heterocycles. The molecule has 0 aliphatic rings. The lowest BCUT2D eigenvalue weighted by Crippen LogP contribution is -2.42. The molecule has 0 unspecified atom stereocenters. The molecule has 0 bridgehead atoms. The lowest BCUT2D eigenvalue weighted by atomic mass is 10.4. The van der Waals surface area contributed by atoms with Crippen LogP contribution in [0.1, 0.15) is 34.1 Å². The van der Waals surface area contributed by atoms with Gasteiger partial charge in [0.15, 0.2) is 0 Å². The first-order valence-corrected chi connectivity index (χ1v) is 4.21. The Morgan fingerprint density at radius 1 is 1.30 bits per heavy atom. The standard InChI is InChI=1S/C8H20N2/c1-5-7-10(6-2)9-8(3)4/h8-9H,5-7H2,1-4H3. The van der Waals surface area contributed by atoms with Crippen LogP contribution in [0.25, 0.3) is 0 Å². The van der Waals surface area contributed by atoms with E-state index in [1.807, 2.05) is 0 Å². The van der Waals surface area contributed by atoms with Crippen LogP contribution >= 0.6 is 0 Å². The monoisotopic (exact) mass is 144 g/mol. The van der Waals surface area contributed by atoms with Gasteiger partial charge in [0, 0.05) is 19.1 Å². The minimum absolute atomic E-state index is 0.562. The maximum absolute atomic E-state index is 3.36. The lowest BCUT2D eigenvalue weighted by Gasteiger charge is -2.23. The number of rotatable bonds is 5. The summed E-state index contributed by atoms with van der Waals surface area (Å²) in [5.74, 6) is 0. The Hall–Kier alpha value is -0.0800. The van der Waals surface area contributed by atoms with E-state index in [1.54, 1.807) is 0 Å². The van der Waals surface area contributed by atoms with Crippen molar-refractivity contribution < 1.29 is 0 Å². The molecule has 0 amide bonds. The van der Waals surface area contributed by atoms with E-state index >= 15 is 0 Å². The van der Waals surface area contributed by atoms with Gasteiger partial charge in [-0.1, -0.05) is 13.8 Å². The lowest BCUT2D eigenvalue weighted by molar-refractivity contribution is 0.177. The molecule has 0 aromatic rings. The van der Waals surface area contributed by atoms with E-state index in [1.165, 1.54) is 6.42 Å². The third-order valence-corrected chi connectivity index (χ3v) is 1.32. The number of hydrazine groups is 1. The van der Waals surface area contributed by atoms with Gasteiger partial charge >= 0.3 is 0 Å². The van der Waals surface area contributed by atoms with Crippen LogP contribution in [0.2, 0.25) is 0 Å². The number of nitrogens with zero attached hydrogens (tertiary/aromatic N) is 1. The zero-order valence-corrected chi connectivity index (χ0v) is 7.65. The molecule has 62 valence electrons. The predicted octanol–water partition coefficient (Wildman–Crippen LogP) is 1.63. The summed E-state index contributed by atoms with van der Waals surface area (Å²) in [5.41, 5.74) is 3.36. The molecule has 0 fully saturated rings. The Balaban J connectivity index is 3.39. The third-order valence-electron chi connectivity index (χ3n) is 1.32. The largest absolute Gasteiger partial charge is 0.253 e. The minimum Gasteiger partial charge on any atom is -0.253 e. The van der Waals surface area contributed by atoms with E-state index in [2.05, 4.69) is 38.1 Å². The third kappa shape index (κ3) is 4.77. The van der Waals surface area contributed by atoms with Gasteiger partial charge in [0.2, 0.25) is 0 Å². The zero-order valence-electron chi connectivity index (χ0n) is 7.65. The van der Waals surface area contributed by atoms with Crippen LogP contribution in [0.15, 0.2) is 0 Å². The molecule has 0 rings (SSSR count). The molecule has 0 aromatic heterocycles. The normalized spacial score (nSPS) is 11.4. The number of hydrogen-bond donors (Lipinski definition) is 1. The van der Waals surface area contributed by atoms with Gasteiger partial charge in [0.1, 0.15) is 0 Å². The fraction of sp³-hybridized carbons (Fsp3) is 1.00. The second-order valence-electron chi connectivity index (χ2n) is 2.86. The molecule has 0 spiro atoms. The maximum atomic E-state index is 3.36. The average molecular weight is 144 g/mol. The van der Waals surface area contributed by atoms with Crippen molar-refractivity contribution in [3.05, 3.63) is 0 Å². The van der Waals surface area contributed by atoms with Crippen molar-refractivity contribution in [1.82, 2.24) is 10.4 Å². The molecule has 10 heavy (non-hydrogen) atoms. The first-order valence-electron chi connectivity index (χ1n) is 4.21. The Bertz CT molecular complexity index is 71.7. The van der Waals surface area contributed by atoms with Crippen LogP contribution in [0.5, 0.6) is 0 Å². The van der Waals surface area contributed by atoms with Crippen molar-refractivity contribution in [3.63, 3.8) is 0 Å². The molecular formula is C8H20N2. The summed E-state index contributed by atoms with van der Waals surface area (Å²) >= 11 is 0.